The van der Waals surface area contributed by atoms with E-state index in [1.165, 1.54) is 109 Å². The van der Waals surface area contributed by atoms with Gasteiger partial charge < -0.3 is 14.2 Å². The fraction of sp³-hybridized carbons (Fsp3) is 0.682. The number of hydrogen-bond donors (Lipinski definition) is 0. The first kappa shape index (κ1) is 68.1. The maximum atomic E-state index is 12.8. The molecule has 0 saturated heterocycles. The average Bonchev–Trinajstić information content (AvgIpc) is 3.38. The molecule has 1 unspecified atom stereocenters. The average molecular weight is 1000 g/mol. The van der Waals surface area contributed by atoms with Crippen molar-refractivity contribution < 1.29 is 28.6 Å². The summed E-state index contributed by atoms with van der Waals surface area (Å²) in [4.78, 5) is 38.1. The summed E-state index contributed by atoms with van der Waals surface area (Å²) in [6.07, 6.45) is 80.9. The van der Waals surface area contributed by atoms with Crippen molar-refractivity contribution in [2.75, 3.05) is 13.2 Å². The van der Waals surface area contributed by atoms with Gasteiger partial charge in [0.15, 0.2) is 6.10 Å². The van der Waals surface area contributed by atoms with E-state index < -0.39 is 6.10 Å². The summed E-state index contributed by atoms with van der Waals surface area (Å²) in [5.41, 5.74) is 0. The first-order chi connectivity index (χ1) is 35.5. The molecule has 0 radical (unpaired) electrons. The Hall–Kier alpha value is -3.93. The first-order valence-corrected chi connectivity index (χ1v) is 29.9. The zero-order chi connectivity index (χ0) is 52.2. The number of rotatable bonds is 53. The number of esters is 3. The van der Waals surface area contributed by atoms with Gasteiger partial charge in [-0.05, 0) is 122 Å². The molecule has 0 aromatic carbocycles. The molecule has 0 bridgehead atoms. The molecule has 0 amide bonds. The Labute approximate surface area is 444 Å². The van der Waals surface area contributed by atoms with Crippen LogP contribution in [-0.4, -0.2) is 37.2 Å². The van der Waals surface area contributed by atoms with Gasteiger partial charge >= 0.3 is 17.9 Å². The molecule has 0 aromatic rings. The van der Waals surface area contributed by atoms with Crippen LogP contribution in [0.3, 0.4) is 0 Å². The summed E-state index contributed by atoms with van der Waals surface area (Å²) in [6.45, 7) is 6.41. The Morgan fingerprint density at radius 3 is 0.944 bits per heavy atom. The lowest BCUT2D eigenvalue weighted by Crippen LogP contribution is -2.30. The normalized spacial score (nSPS) is 12.9. The third kappa shape index (κ3) is 57.0. The summed E-state index contributed by atoms with van der Waals surface area (Å²) < 4.78 is 16.8. The van der Waals surface area contributed by atoms with Crippen molar-refractivity contribution in [3.8, 4) is 0 Å². The van der Waals surface area contributed by atoms with Gasteiger partial charge in [0.1, 0.15) is 13.2 Å². The maximum Gasteiger partial charge on any atom is 0.306 e. The van der Waals surface area contributed by atoms with E-state index in [-0.39, 0.29) is 37.5 Å². The minimum Gasteiger partial charge on any atom is -0.462 e. The van der Waals surface area contributed by atoms with E-state index in [0.717, 1.165) is 116 Å². The van der Waals surface area contributed by atoms with Crippen molar-refractivity contribution in [1.29, 1.82) is 0 Å². The van der Waals surface area contributed by atoms with Crippen LogP contribution in [0.4, 0.5) is 0 Å². The molecule has 0 aliphatic heterocycles. The quantitative estimate of drug-likeness (QED) is 0.0261. The lowest BCUT2D eigenvalue weighted by atomic mass is 10.0. The van der Waals surface area contributed by atoms with E-state index in [2.05, 4.69) is 130 Å². The molecule has 0 N–H and O–H groups in total. The van der Waals surface area contributed by atoms with Gasteiger partial charge in [0.25, 0.3) is 0 Å². The Morgan fingerprint density at radius 2 is 0.569 bits per heavy atom. The summed E-state index contributed by atoms with van der Waals surface area (Å²) in [6, 6.07) is 0. The van der Waals surface area contributed by atoms with Gasteiger partial charge in [-0.15, -0.1) is 0 Å². The van der Waals surface area contributed by atoms with Gasteiger partial charge in [0.2, 0.25) is 0 Å². The molecule has 0 heterocycles. The highest BCUT2D eigenvalue weighted by atomic mass is 16.6. The highest BCUT2D eigenvalue weighted by molar-refractivity contribution is 5.71. The fourth-order valence-electron chi connectivity index (χ4n) is 8.01. The van der Waals surface area contributed by atoms with Gasteiger partial charge in [-0.3, -0.25) is 14.4 Å². The zero-order valence-electron chi connectivity index (χ0n) is 46.9. The van der Waals surface area contributed by atoms with Crippen LogP contribution in [0.5, 0.6) is 0 Å². The standard InChI is InChI=1S/C66H110O6/c1-4-7-10-13-16-19-22-24-26-28-30-32-33-35-36-38-40-42-44-47-50-53-56-59-65(68)71-62-63(61-70-64(67)58-55-52-49-46-21-18-15-12-9-6-3)72-66(69)60-57-54-51-48-45-43-41-39-37-34-31-29-27-25-23-20-17-14-11-8-5-2/h8,11-12,15,17,20,22,24-25,27-28,30-31,34,39,41,45,48,63H,4-7,9-10,13-14,16,18-19,21,23,26,29,32-33,35-38,40,42-44,46-47,49-62H2,1-3H3/b11-8-,15-12-,20-17-,24-22-,27-25-,30-28-,34-31-,41-39-,48-45-. The third-order valence-electron chi connectivity index (χ3n) is 12.5. The molecule has 6 nitrogen and oxygen atoms in total. The van der Waals surface area contributed by atoms with Crippen LogP contribution < -0.4 is 0 Å². The van der Waals surface area contributed by atoms with E-state index in [0.29, 0.717) is 19.3 Å². The topological polar surface area (TPSA) is 78.9 Å². The van der Waals surface area contributed by atoms with Crippen molar-refractivity contribution in [1.82, 2.24) is 0 Å². The lowest BCUT2D eigenvalue weighted by molar-refractivity contribution is -0.167. The Bertz CT molecular complexity index is 1470. The van der Waals surface area contributed by atoms with Crippen molar-refractivity contribution in [3.63, 3.8) is 0 Å². The number of allylic oxidation sites excluding steroid dienone is 18. The van der Waals surface area contributed by atoms with E-state index >= 15 is 0 Å². The van der Waals surface area contributed by atoms with Gasteiger partial charge in [-0.25, -0.2) is 0 Å². The van der Waals surface area contributed by atoms with Crippen LogP contribution in [-0.2, 0) is 28.6 Å². The Morgan fingerprint density at radius 1 is 0.292 bits per heavy atom. The SMILES string of the molecule is CC/C=C\C/C=C\C/C=C\C/C=C\C/C=C\C/C=C\CCCCC(=O)OC(COC(=O)CCCCCCC/C=C\CCC)COC(=O)CCCCCCCCCCCCC/C=C\C/C=C\CCCCCCC. The van der Waals surface area contributed by atoms with Gasteiger partial charge in [0.05, 0.1) is 0 Å². The zero-order valence-corrected chi connectivity index (χ0v) is 46.9. The minimum atomic E-state index is -0.807. The van der Waals surface area contributed by atoms with Crippen LogP contribution in [0, 0.1) is 0 Å². The van der Waals surface area contributed by atoms with Gasteiger partial charge in [-0.2, -0.15) is 0 Å². The van der Waals surface area contributed by atoms with Crippen LogP contribution in [0.1, 0.15) is 271 Å². The summed E-state index contributed by atoms with van der Waals surface area (Å²) in [7, 11) is 0. The second-order valence-corrected chi connectivity index (χ2v) is 19.5. The molecular weight excluding hydrogens is 889 g/mol. The smallest absolute Gasteiger partial charge is 0.306 e. The number of carbonyl (C=O) groups is 3. The largest absolute Gasteiger partial charge is 0.462 e. The molecule has 0 aromatic heterocycles. The molecule has 0 spiro atoms. The van der Waals surface area contributed by atoms with Crippen LogP contribution in [0.25, 0.3) is 0 Å². The van der Waals surface area contributed by atoms with Crippen molar-refractivity contribution in [2.24, 2.45) is 0 Å². The Kier molecular flexibility index (Phi) is 56.4. The predicted molar refractivity (Wildman–Crippen MR) is 311 cm³/mol. The van der Waals surface area contributed by atoms with Crippen LogP contribution >= 0.6 is 0 Å². The summed E-state index contributed by atoms with van der Waals surface area (Å²) in [5, 5.41) is 0. The molecule has 410 valence electrons. The first-order valence-electron chi connectivity index (χ1n) is 29.9. The third-order valence-corrected chi connectivity index (χ3v) is 12.5. The van der Waals surface area contributed by atoms with E-state index in [9.17, 15) is 14.4 Å². The number of ether oxygens (including phenoxy) is 3. The van der Waals surface area contributed by atoms with E-state index in [1.54, 1.807) is 0 Å². The molecule has 0 aliphatic carbocycles. The molecule has 0 fully saturated rings. The molecule has 1 atom stereocenters. The maximum absolute atomic E-state index is 12.8. The summed E-state index contributed by atoms with van der Waals surface area (Å²) >= 11 is 0. The molecule has 72 heavy (non-hydrogen) atoms. The lowest BCUT2D eigenvalue weighted by Gasteiger charge is -2.18. The highest BCUT2D eigenvalue weighted by Crippen LogP contribution is 2.15. The predicted octanol–water partition coefficient (Wildman–Crippen LogP) is 20.3. The van der Waals surface area contributed by atoms with Crippen molar-refractivity contribution in [3.05, 3.63) is 109 Å². The van der Waals surface area contributed by atoms with Crippen molar-refractivity contribution >= 4 is 17.9 Å². The molecule has 0 rings (SSSR count). The second-order valence-electron chi connectivity index (χ2n) is 19.5. The molecular formula is C66H110O6. The summed E-state index contributed by atoms with van der Waals surface area (Å²) in [5.74, 6) is -0.956. The minimum absolute atomic E-state index is 0.100. The monoisotopic (exact) mass is 999 g/mol. The molecule has 0 aliphatic rings. The number of carbonyl (C=O) groups excluding carboxylic acids is 3. The van der Waals surface area contributed by atoms with E-state index in [4.69, 9.17) is 14.2 Å². The van der Waals surface area contributed by atoms with Gasteiger partial charge in [-0.1, -0.05) is 239 Å². The second kappa shape index (κ2) is 59.6. The number of unbranched alkanes of at least 4 members (excludes halogenated alkanes) is 24. The van der Waals surface area contributed by atoms with Gasteiger partial charge in [0, 0.05) is 19.3 Å². The van der Waals surface area contributed by atoms with Crippen molar-refractivity contribution in [2.45, 2.75) is 277 Å². The van der Waals surface area contributed by atoms with E-state index in [1.807, 2.05) is 0 Å². The van der Waals surface area contributed by atoms with Crippen LogP contribution in [0.2, 0.25) is 0 Å². The Balaban J connectivity index is 4.37. The fourth-order valence-corrected chi connectivity index (χ4v) is 8.01. The molecule has 0 saturated carbocycles. The highest BCUT2D eigenvalue weighted by Gasteiger charge is 2.19. The number of hydrogen-bond acceptors (Lipinski definition) is 6. The molecule has 6 heteroatoms. The van der Waals surface area contributed by atoms with Crippen LogP contribution in [0.15, 0.2) is 109 Å².